The number of aliphatic hydroxyl groups excluding tert-OH is 3. The molecule has 3 aromatic rings. The van der Waals surface area contributed by atoms with E-state index in [1.165, 1.54) is 19.3 Å². The van der Waals surface area contributed by atoms with Crippen LogP contribution >= 0.6 is 11.3 Å². The van der Waals surface area contributed by atoms with Crippen LogP contribution in [0.15, 0.2) is 30.5 Å². The Labute approximate surface area is 190 Å². The second-order valence-electron chi connectivity index (χ2n) is 8.83. The van der Waals surface area contributed by atoms with Crippen LogP contribution in [0.2, 0.25) is 0 Å². The number of nitrogens with zero attached hydrogens (tertiary/aromatic N) is 3. The van der Waals surface area contributed by atoms with E-state index in [1.54, 1.807) is 17.5 Å². The maximum absolute atomic E-state index is 10.5. The van der Waals surface area contributed by atoms with Gasteiger partial charge < -0.3 is 26.0 Å². The third-order valence-corrected chi connectivity index (χ3v) is 7.68. The lowest BCUT2D eigenvalue weighted by molar-refractivity contribution is 0.00446. The third-order valence-electron chi connectivity index (χ3n) is 6.61. The van der Waals surface area contributed by atoms with Gasteiger partial charge in [0.05, 0.1) is 27.9 Å². The van der Waals surface area contributed by atoms with Crippen molar-refractivity contribution in [1.82, 2.24) is 15.0 Å². The van der Waals surface area contributed by atoms with Crippen molar-refractivity contribution in [3.63, 3.8) is 0 Å². The summed E-state index contributed by atoms with van der Waals surface area (Å²) >= 11 is 1.57. The van der Waals surface area contributed by atoms with E-state index < -0.39 is 18.2 Å². The second-order valence-corrected chi connectivity index (χ2v) is 9.86. The third kappa shape index (κ3) is 4.30. The number of hydrogen-bond acceptors (Lipinski definition) is 9. The van der Waals surface area contributed by atoms with Crippen LogP contribution < -0.4 is 10.6 Å². The van der Waals surface area contributed by atoms with E-state index >= 15 is 0 Å². The minimum Gasteiger partial charge on any atom is -0.396 e. The van der Waals surface area contributed by atoms with E-state index in [0.717, 1.165) is 33.6 Å². The molecule has 0 spiro atoms. The molecule has 9 heteroatoms. The highest BCUT2D eigenvalue weighted by molar-refractivity contribution is 7.21. The highest BCUT2D eigenvalue weighted by atomic mass is 32.1. The first kappa shape index (κ1) is 21.5. The molecule has 1 aromatic carbocycles. The molecule has 0 radical (unpaired) electrons. The second kappa shape index (κ2) is 9.27. The maximum atomic E-state index is 10.5. The average molecular weight is 456 g/mol. The summed E-state index contributed by atoms with van der Waals surface area (Å²) in [5.41, 5.74) is 1.68. The van der Waals surface area contributed by atoms with E-state index in [-0.39, 0.29) is 12.5 Å². The topological polar surface area (TPSA) is 123 Å². The van der Waals surface area contributed by atoms with Gasteiger partial charge in [-0.1, -0.05) is 31.4 Å². The molecule has 8 nitrogen and oxygen atoms in total. The van der Waals surface area contributed by atoms with Crippen LogP contribution in [0.1, 0.15) is 38.5 Å². The number of anilines is 2. The minimum absolute atomic E-state index is 0.167. The fourth-order valence-electron chi connectivity index (χ4n) is 4.76. The van der Waals surface area contributed by atoms with Crippen molar-refractivity contribution in [2.45, 2.75) is 62.8 Å². The van der Waals surface area contributed by atoms with Gasteiger partial charge in [-0.25, -0.2) is 9.97 Å². The van der Waals surface area contributed by atoms with Crippen LogP contribution in [-0.2, 0) is 0 Å². The smallest absolute Gasteiger partial charge is 0.224 e. The van der Waals surface area contributed by atoms with Crippen molar-refractivity contribution < 1.29 is 15.3 Å². The van der Waals surface area contributed by atoms with Gasteiger partial charge in [-0.2, -0.15) is 4.98 Å². The van der Waals surface area contributed by atoms with Crippen LogP contribution in [0.5, 0.6) is 0 Å². The molecule has 0 aliphatic heterocycles. The van der Waals surface area contributed by atoms with Crippen LogP contribution in [0.25, 0.3) is 20.8 Å². The summed E-state index contributed by atoms with van der Waals surface area (Å²) in [4.78, 5) is 14.1. The molecule has 32 heavy (non-hydrogen) atoms. The Morgan fingerprint density at radius 3 is 2.56 bits per heavy atom. The molecule has 0 amide bonds. The molecular weight excluding hydrogens is 426 g/mol. The van der Waals surface area contributed by atoms with E-state index in [0.29, 0.717) is 24.2 Å². The van der Waals surface area contributed by atoms with Gasteiger partial charge in [-0.15, -0.1) is 11.3 Å². The standard InChI is InChI=1S/C23H29N5O3S/c29-12-13-10-17(20(31)19(13)30)26-21-15(22-27-16-8-4-5-9-18(16)32-22)11-24-23(28-21)25-14-6-2-1-3-7-14/h4-5,8-9,11,13-14,17,19-20,29-31H,1-3,6-7,10,12H2,(H2,24,25,26,28). The van der Waals surface area contributed by atoms with Gasteiger partial charge in [0.25, 0.3) is 0 Å². The number of fused-ring (bicyclic) bond motifs is 1. The van der Waals surface area contributed by atoms with Crippen molar-refractivity contribution in [3.05, 3.63) is 30.5 Å². The molecule has 0 saturated heterocycles. The predicted octanol–water partition coefficient (Wildman–Crippen LogP) is 3.01. The molecule has 4 atom stereocenters. The van der Waals surface area contributed by atoms with Crippen molar-refractivity contribution in [2.75, 3.05) is 17.2 Å². The number of aromatic nitrogens is 3. The monoisotopic (exact) mass is 455 g/mol. The Morgan fingerprint density at radius 1 is 1.00 bits per heavy atom. The van der Waals surface area contributed by atoms with Gasteiger partial charge in [0.15, 0.2) is 0 Å². The molecule has 2 aromatic heterocycles. The van der Waals surface area contributed by atoms with Crippen molar-refractivity contribution in [1.29, 1.82) is 0 Å². The van der Waals surface area contributed by atoms with Gasteiger partial charge in [-0.05, 0) is 31.4 Å². The van der Waals surface area contributed by atoms with Crippen molar-refractivity contribution in [3.8, 4) is 10.6 Å². The first-order valence-corrected chi connectivity index (χ1v) is 12.2. The summed E-state index contributed by atoms with van der Waals surface area (Å²) in [5, 5.41) is 37.9. The molecule has 170 valence electrons. The summed E-state index contributed by atoms with van der Waals surface area (Å²) in [5.74, 6) is 0.762. The van der Waals surface area contributed by atoms with E-state index in [4.69, 9.17) is 9.97 Å². The average Bonchev–Trinajstić information content (AvgIpc) is 3.36. The zero-order valence-electron chi connectivity index (χ0n) is 17.8. The molecule has 2 saturated carbocycles. The number of benzene rings is 1. The Hall–Kier alpha value is -2.33. The SMILES string of the molecule is OCC1CC(Nc2nc(NC3CCCCC3)ncc2-c2nc3ccccc3s2)C(O)C1O. The van der Waals surface area contributed by atoms with Gasteiger partial charge in [0.1, 0.15) is 16.9 Å². The molecule has 5 rings (SSSR count). The Balaban J connectivity index is 1.47. The van der Waals surface area contributed by atoms with E-state index in [2.05, 4.69) is 15.6 Å². The fraction of sp³-hybridized carbons (Fsp3) is 0.522. The first-order chi connectivity index (χ1) is 15.6. The molecule has 2 aliphatic carbocycles. The normalized spacial score (nSPS) is 26.5. The summed E-state index contributed by atoms with van der Waals surface area (Å²) in [6, 6.07) is 7.90. The Bertz CT molecular complexity index is 1040. The lowest BCUT2D eigenvalue weighted by atomic mass is 9.96. The largest absolute Gasteiger partial charge is 0.396 e. The van der Waals surface area contributed by atoms with Crippen LogP contribution in [0.3, 0.4) is 0 Å². The number of hydrogen-bond donors (Lipinski definition) is 5. The quantitative estimate of drug-likeness (QED) is 0.384. The zero-order valence-corrected chi connectivity index (χ0v) is 18.6. The summed E-state index contributed by atoms with van der Waals surface area (Å²) < 4.78 is 1.08. The summed E-state index contributed by atoms with van der Waals surface area (Å²) in [6.07, 6.45) is 6.19. The fourth-order valence-corrected chi connectivity index (χ4v) is 5.74. The number of aliphatic hydroxyl groups is 3. The minimum atomic E-state index is -0.986. The molecule has 4 unspecified atom stereocenters. The van der Waals surface area contributed by atoms with Gasteiger partial charge in [-0.3, -0.25) is 0 Å². The molecule has 2 aliphatic rings. The lowest BCUT2D eigenvalue weighted by Gasteiger charge is -2.24. The van der Waals surface area contributed by atoms with Crippen molar-refractivity contribution in [2.24, 2.45) is 5.92 Å². The first-order valence-electron chi connectivity index (χ1n) is 11.4. The summed E-state index contributed by atoms with van der Waals surface area (Å²) in [7, 11) is 0. The van der Waals surface area contributed by atoms with Gasteiger partial charge in [0, 0.05) is 24.8 Å². The highest BCUT2D eigenvalue weighted by Crippen LogP contribution is 2.36. The van der Waals surface area contributed by atoms with Gasteiger partial charge in [0.2, 0.25) is 5.95 Å². The summed E-state index contributed by atoms with van der Waals surface area (Å²) in [6.45, 7) is -0.167. The lowest BCUT2D eigenvalue weighted by Crippen LogP contribution is -2.35. The molecule has 2 fully saturated rings. The van der Waals surface area contributed by atoms with E-state index in [9.17, 15) is 15.3 Å². The van der Waals surface area contributed by atoms with Crippen LogP contribution in [0, 0.1) is 5.92 Å². The zero-order chi connectivity index (χ0) is 22.1. The van der Waals surface area contributed by atoms with E-state index in [1.807, 2.05) is 24.3 Å². The number of thiazole rings is 1. The number of rotatable bonds is 6. The molecule has 0 bridgehead atoms. The van der Waals surface area contributed by atoms with Gasteiger partial charge >= 0.3 is 0 Å². The Kier molecular flexibility index (Phi) is 6.23. The maximum Gasteiger partial charge on any atom is 0.224 e. The van der Waals surface area contributed by atoms with Crippen molar-refractivity contribution >= 4 is 33.3 Å². The van der Waals surface area contributed by atoms with Crippen LogP contribution in [0.4, 0.5) is 11.8 Å². The molecule has 5 N–H and O–H groups in total. The Morgan fingerprint density at radius 2 is 1.81 bits per heavy atom. The number of para-hydroxylation sites is 1. The number of nitrogens with one attached hydrogen (secondary N) is 2. The predicted molar refractivity (Wildman–Crippen MR) is 126 cm³/mol. The molecular formula is C23H29N5O3S. The highest BCUT2D eigenvalue weighted by Gasteiger charge is 2.41. The molecule has 2 heterocycles. The van der Waals surface area contributed by atoms with Crippen LogP contribution in [-0.4, -0.2) is 61.2 Å².